The Hall–Kier alpha value is -3.01. The van der Waals surface area contributed by atoms with E-state index in [1.165, 1.54) is 11.1 Å². The molecule has 0 bridgehead atoms. The SMILES string of the molecule is CCCn1ccnc1CN(Cc1ccc(CN2CC3(CCN(CC(C)C)CC3)CC2C(=O)OCC)cc1)Cc1ncc[nH]1. The predicted octanol–water partition coefficient (Wildman–Crippen LogP) is 5.09. The number of hydrogen-bond acceptors (Lipinski definition) is 7. The van der Waals surface area contributed by atoms with Crippen LogP contribution in [0.2, 0.25) is 0 Å². The fourth-order valence-corrected chi connectivity index (χ4v) is 7.01. The summed E-state index contributed by atoms with van der Waals surface area (Å²) in [4.78, 5) is 32.8. The van der Waals surface area contributed by atoms with E-state index in [2.05, 4.69) is 85.5 Å². The molecule has 9 nitrogen and oxygen atoms in total. The summed E-state index contributed by atoms with van der Waals surface area (Å²) in [5.41, 5.74) is 2.70. The van der Waals surface area contributed by atoms with Crippen LogP contribution in [0.15, 0.2) is 49.1 Å². The summed E-state index contributed by atoms with van der Waals surface area (Å²) in [5.74, 6) is 2.66. The maximum absolute atomic E-state index is 13.1. The lowest BCUT2D eigenvalue weighted by atomic mass is 9.76. The van der Waals surface area contributed by atoms with Crippen molar-refractivity contribution < 1.29 is 9.53 Å². The normalized spacial score (nSPS) is 19.2. The molecule has 0 aliphatic carbocycles. The second-order valence-corrected chi connectivity index (χ2v) is 13.1. The Labute approximate surface area is 257 Å². The van der Waals surface area contributed by atoms with Gasteiger partial charge in [0, 0.05) is 57.5 Å². The maximum atomic E-state index is 13.1. The zero-order valence-electron chi connectivity index (χ0n) is 26.7. The first kappa shape index (κ1) is 31.4. The first-order chi connectivity index (χ1) is 20.9. The number of aromatic amines is 1. The van der Waals surface area contributed by atoms with Gasteiger partial charge in [-0.25, -0.2) is 9.97 Å². The molecule has 0 saturated carbocycles. The van der Waals surface area contributed by atoms with Crippen LogP contribution in [0.1, 0.15) is 76.2 Å². The highest BCUT2D eigenvalue weighted by Gasteiger charge is 2.48. The molecule has 1 unspecified atom stereocenters. The molecule has 3 aromatic rings. The first-order valence-corrected chi connectivity index (χ1v) is 16.3. The summed E-state index contributed by atoms with van der Waals surface area (Å²) in [7, 11) is 0. The van der Waals surface area contributed by atoms with Crippen LogP contribution in [0.3, 0.4) is 0 Å². The van der Waals surface area contributed by atoms with Crippen molar-refractivity contribution in [2.75, 3.05) is 32.8 Å². The Morgan fingerprint density at radius 2 is 1.84 bits per heavy atom. The Kier molecular flexibility index (Phi) is 10.7. The molecule has 2 aliphatic heterocycles. The molecule has 1 spiro atoms. The van der Waals surface area contributed by atoms with E-state index in [9.17, 15) is 4.79 Å². The monoisotopic (exact) mass is 589 g/mol. The van der Waals surface area contributed by atoms with E-state index in [1.807, 2.05) is 19.3 Å². The van der Waals surface area contributed by atoms with Crippen molar-refractivity contribution in [1.82, 2.24) is 34.2 Å². The van der Waals surface area contributed by atoms with Crippen molar-refractivity contribution in [3.8, 4) is 0 Å². The lowest BCUT2D eigenvalue weighted by molar-refractivity contribution is -0.148. The second-order valence-electron chi connectivity index (χ2n) is 13.1. The van der Waals surface area contributed by atoms with Gasteiger partial charge in [0.15, 0.2) is 0 Å². The summed E-state index contributed by atoms with van der Waals surface area (Å²) >= 11 is 0. The smallest absolute Gasteiger partial charge is 0.323 e. The van der Waals surface area contributed by atoms with Crippen molar-refractivity contribution in [3.63, 3.8) is 0 Å². The number of ether oxygens (including phenoxy) is 1. The summed E-state index contributed by atoms with van der Waals surface area (Å²) in [6.07, 6.45) is 12.0. The number of esters is 1. The van der Waals surface area contributed by atoms with Crippen molar-refractivity contribution in [2.24, 2.45) is 11.3 Å². The zero-order valence-corrected chi connectivity index (χ0v) is 26.7. The highest BCUT2D eigenvalue weighted by molar-refractivity contribution is 5.76. The fourth-order valence-electron chi connectivity index (χ4n) is 7.01. The van der Waals surface area contributed by atoms with E-state index in [-0.39, 0.29) is 17.4 Å². The van der Waals surface area contributed by atoms with E-state index in [4.69, 9.17) is 4.74 Å². The molecule has 9 heteroatoms. The molecule has 1 atom stereocenters. The number of rotatable bonds is 14. The largest absolute Gasteiger partial charge is 0.465 e. The van der Waals surface area contributed by atoms with Crippen LogP contribution < -0.4 is 0 Å². The van der Waals surface area contributed by atoms with Crippen LogP contribution in [0.4, 0.5) is 0 Å². The highest BCUT2D eigenvalue weighted by Crippen LogP contribution is 2.44. The number of H-pyrrole nitrogens is 1. The Balaban J connectivity index is 1.25. The standard InChI is InChI=1S/C34H51N7O2/c1-5-16-40-19-15-37-32(40)25-39(24-31-35-13-14-36-31)22-28-7-9-29(10-8-28)23-41-26-34(20-30(41)33(42)43-6-2)11-17-38(18-12-34)21-27(3)4/h7-10,13-15,19,27,30H,5-6,11-12,16-18,20-26H2,1-4H3,(H,35,36). The van der Waals surface area contributed by atoms with Gasteiger partial charge in [-0.05, 0) is 68.2 Å². The number of hydrogen-bond donors (Lipinski definition) is 1. The number of nitrogens with one attached hydrogen (secondary N) is 1. The second kappa shape index (κ2) is 14.6. The van der Waals surface area contributed by atoms with Gasteiger partial charge >= 0.3 is 5.97 Å². The van der Waals surface area contributed by atoms with Gasteiger partial charge in [-0.3, -0.25) is 14.6 Å². The number of likely N-dealkylation sites (tertiary alicyclic amines) is 2. The van der Waals surface area contributed by atoms with Crippen molar-refractivity contribution in [1.29, 1.82) is 0 Å². The third kappa shape index (κ3) is 8.34. The van der Waals surface area contributed by atoms with E-state index < -0.39 is 0 Å². The van der Waals surface area contributed by atoms with Crippen LogP contribution >= 0.6 is 0 Å². The molecule has 4 heterocycles. The summed E-state index contributed by atoms with van der Waals surface area (Å²) in [5, 5.41) is 0. The number of nitrogens with zero attached hydrogens (tertiary/aromatic N) is 6. The number of imidazole rings is 2. The number of aryl methyl sites for hydroxylation is 1. The molecule has 0 radical (unpaired) electrons. The Morgan fingerprint density at radius 3 is 2.51 bits per heavy atom. The average molecular weight is 590 g/mol. The lowest BCUT2D eigenvalue weighted by Crippen LogP contribution is -2.42. The Morgan fingerprint density at radius 1 is 1.07 bits per heavy atom. The topological polar surface area (TPSA) is 82.5 Å². The molecule has 43 heavy (non-hydrogen) atoms. The quantitative estimate of drug-likeness (QED) is 0.262. The third-order valence-electron chi connectivity index (χ3n) is 9.08. The summed E-state index contributed by atoms with van der Waals surface area (Å²) < 4.78 is 7.81. The van der Waals surface area contributed by atoms with E-state index in [0.29, 0.717) is 12.5 Å². The van der Waals surface area contributed by atoms with E-state index in [0.717, 1.165) is 96.2 Å². The van der Waals surface area contributed by atoms with Crippen LogP contribution in [-0.4, -0.2) is 79.0 Å². The van der Waals surface area contributed by atoms with Crippen LogP contribution in [-0.2, 0) is 42.3 Å². The predicted molar refractivity (Wildman–Crippen MR) is 169 cm³/mol. The van der Waals surface area contributed by atoms with Gasteiger partial charge in [-0.2, -0.15) is 0 Å². The molecule has 0 amide bonds. The van der Waals surface area contributed by atoms with Gasteiger partial charge in [0.2, 0.25) is 0 Å². The van der Waals surface area contributed by atoms with E-state index >= 15 is 0 Å². The van der Waals surface area contributed by atoms with E-state index in [1.54, 1.807) is 6.20 Å². The van der Waals surface area contributed by atoms with Gasteiger partial charge in [0.1, 0.15) is 17.7 Å². The first-order valence-electron chi connectivity index (χ1n) is 16.3. The Bertz CT molecular complexity index is 1260. The van der Waals surface area contributed by atoms with Gasteiger partial charge < -0.3 is 19.2 Å². The average Bonchev–Trinajstić information content (AvgIpc) is 3.73. The molecule has 2 aromatic heterocycles. The summed E-state index contributed by atoms with van der Waals surface area (Å²) in [6.45, 7) is 17.5. The van der Waals surface area contributed by atoms with Crippen LogP contribution in [0.25, 0.3) is 0 Å². The number of aromatic nitrogens is 4. The zero-order chi connectivity index (χ0) is 30.2. The molecule has 1 N–H and O–H groups in total. The van der Waals surface area contributed by atoms with Gasteiger partial charge in [-0.15, -0.1) is 0 Å². The van der Waals surface area contributed by atoms with Crippen molar-refractivity contribution in [2.45, 2.75) is 92.1 Å². The lowest BCUT2D eigenvalue weighted by Gasteiger charge is -2.40. The minimum absolute atomic E-state index is 0.0596. The fraction of sp³-hybridized carbons (Fsp3) is 0.618. The number of carbonyl (C=O) groups is 1. The minimum atomic E-state index is -0.160. The summed E-state index contributed by atoms with van der Waals surface area (Å²) in [6, 6.07) is 8.78. The molecule has 5 rings (SSSR count). The highest BCUT2D eigenvalue weighted by atomic mass is 16.5. The van der Waals surface area contributed by atoms with Crippen LogP contribution in [0.5, 0.6) is 0 Å². The number of piperidine rings is 1. The van der Waals surface area contributed by atoms with Gasteiger partial charge in [0.05, 0.1) is 19.7 Å². The molecular formula is C34H51N7O2. The molecular weight excluding hydrogens is 538 g/mol. The molecule has 2 fully saturated rings. The van der Waals surface area contributed by atoms with Crippen molar-refractivity contribution >= 4 is 5.97 Å². The van der Waals surface area contributed by atoms with Gasteiger partial charge in [-0.1, -0.05) is 45.0 Å². The molecule has 2 saturated heterocycles. The molecule has 234 valence electrons. The maximum Gasteiger partial charge on any atom is 0.323 e. The molecule has 2 aliphatic rings. The minimum Gasteiger partial charge on any atom is -0.465 e. The van der Waals surface area contributed by atoms with Crippen molar-refractivity contribution in [3.05, 3.63) is 71.8 Å². The van der Waals surface area contributed by atoms with Gasteiger partial charge in [0.25, 0.3) is 0 Å². The number of benzene rings is 1. The molecule has 1 aromatic carbocycles. The number of carbonyl (C=O) groups excluding carboxylic acids is 1. The van der Waals surface area contributed by atoms with Crippen LogP contribution in [0, 0.1) is 11.3 Å². The third-order valence-corrected chi connectivity index (χ3v) is 9.08.